The van der Waals surface area contributed by atoms with Crippen molar-refractivity contribution in [2.75, 3.05) is 0 Å². The van der Waals surface area contributed by atoms with Crippen LogP contribution < -0.4 is 0 Å². The lowest BCUT2D eigenvalue weighted by molar-refractivity contribution is -0.123. The van der Waals surface area contributed by atoms with E-state index in [0.29, 0.717) is 6.42 Å². The van der Waals surface area contributed by atoms with Crippen LogP contribution in [0.1, 0.15) is 26.2 Å². The van der Waals surface area contributed by atoms with E-state index in [0.717, 1.165) is 19.1 Å². The average Bonchev–Trinajstić information content (AvgIpc) is 2.43. The van der Waals surface area contributed by atoms with Crippen LogP contribution >= 0.6 is 0 Å². The molecule has 0 bridgehead atoms. The van der Waals surface area contributed by atoms with Gasteiger partial charge in [-0.15, -0.1) is 0 Å². The molecule has 1 saturated carbocycles. The van der Waals surface area contributed by atoms with E-state index < -0.39 is 0 Å². The number of aldehydes is 1. The van der Waals surface area contributed by atoms with Crippen LogP contribution in [0, 0.1) is 11.8 Å². The third kappa shape index (κ3) is 1.81. The number of carbonyl (C=O) groups excluding carboxylic acids is 2. The van der Waals surface area contributed by atoms with Crippen molar-refractivity contribution in [3.05, 3.63) is 12.2 Å². The fourth-order valence-corrected chi connectivity index (χ4v) is 1.69. The van der Waals surface area contributed by atoms with Gasteiger partial charge in [0.15, 0.2) is 0 Å². The van der Waals surface area contributed by atoms with E-state index in [9.17, 15) is 9.59 Å². The lowest BCUT2D eigenvalue weighted by Crippen LogP contribution is -2.14. The Morgan fingerprint density at radius 2 is 2.33 bits per heavy atom. The summed E-state index contributed by atoms with van der Waals surface area (Å²) < 4.78 is 0. The number of rotatable bonds is 3. The first kappa shape index (κ1) is 9.17. The molecule has 0 aromatic heterocycles. The molecule has 66 valence electrons. The topological polar surface area (TPSA) is 34.1 Å². The van der Waals surface area contributed by atoms with Crippen molar-refractivity contribution >= 4 is 12.1 Å². The minimum Gasteiger partial charge on any atom is -0.303 e. The highest BCUT2D eigenvalue weighted by atomic mass is 16.1. The molecule has 12 heavy (non-hydrogen) atoms. The van der Waals surface area contributed by atoms with Crippen LogP contribution in [0.5, 0.6) is 0 Å². The zero-order valence-corrected chi connectivity index (χ0v) is 7.32. The SMILES string of the molecule is C/C=C\CC1C(=O)CC[C@@H]1C=O. The van der Waals surface area contributed by atoms with Crippen LogP contribution in [-0.2, 0) is 9.59 Å². The van der Waals surface area contributed by atoms with Crippen LogP contribution in [0.3, 0.4) is 0 Å². The lowest BCUT2D eigenvalue weighted by Gasteiger charge is -2.08. The summed E-state index contributed by atoms with van der Waals surface area (Å²) in [6.45, 7) is 1.93. The van der Waals surface area contributed by atoms with Crippen LogP contribution in [0.15, 0.2) is 12.2 Å². The van der Waals surface area contributed by atoms with E-state index in [1.165, 1.54) is 0 Å². The van der Waals surface area contributed by atoms with Crippen molar-refractivity contribution in [1.29, 1.82) is 0 Å². The van der Waals surface area contributed by atoms with Crippen molar-refractivity contribution in [3.8, 4) is 0 Å². The summed E-state index contributed by atoms with van der Waals surface area (Å²) in [5, 5.41) is 0. The number of allylic oxidation sites excluding steroid dienone is 2. The maximum atomic E-state index is 11.3. The number of hydrogen-bond donors (Lipinski definition) is 0. The van der Waals surface area contributed by atoms with Crippen molar-refractivity contribution in [3.63, 3.8) is 0 Å². The van der Waals surface area contributed by atoms with Gasteiger partial charge in [-0.3, -0.25) is 4.79 Å². The fraction of sp³-hybridized carbons (Fsp3) is 0.600. The number of ketones is 1. The Morgan fingerprint density at radius 3 is 2.92 bits per heavy atom. The minimum absolute atomic E-state index is 0.0197. The summed E-state index contributed by atoms with van der Waals surface area (Å²) in [6.07, 6.45) is 6.89. The Morgan fingerprint density at radius 1 is 1.58 bits per heavy atom. The first-order valence-corrected chi connectivity index (χ1v) is 4.38. The van der Waals surface area contributed by atoms with Gasteiger partial charge < -0.3 is 4.79 Å². The van der Waals surface area contributed by atoms with Crippen LogP contribution in [-0.4, -0.2) is 12.1 Å². The molecule has 1 unspecified atom stereocenters. The first-order valence-electron chi connectivity index (χ1n) is 4.38. The van der Waals surface area contributed by atoms with E-state index in [1.54, 1.807) is 0 Å². The second kappa shape index (κ2) is 4.19. The Kier molecular flexibility index (Phi) is 3.20. The van der Waals surface area contributed by atoms with Crippen LogP contribution in [0.4, 0.5) is 0 Å². The molecule has 1 fully saturated rings. The van der Waals surface area contributed by atoms with Gasteiger partial charge in [0, 0.05) is 18.3 Å². The predicted octanol–water partition coefficient (Wildman–Crippen LogP) is 1.75. The highest BCUT2D eigenvalue weighted by Gasteiger charge is 2.32. The molecule has 0 saturated heterocycles. The van der Waals surface area contributed by atoms with Gasteiger partial charge in [0.2, 0.25) is 0 Å². The number of Topliss-reactive ketones (excluding diaryl/α,β-unsaturated/α-hetero) is 1. The van der Waals surface area contributed by atoms with Gasteiger partial charge in [0.1, 0.15) is 12.1 Å². The second-order valence-electron chi connectivity index (χ2n) is 3.22. The Bertz CT molecular complexity index is 206. The summed E-state index contributed by atoms with van der Waals surface area (Å²) in [6, 6.07) is 0. The van der Waals surface area contributed by atoms with Gasteiger partial charge in [-0.2, -0.15) is 0 Å². The molecule has 0 aliphatic heterocycles. The minimum atomic E-state index is -0.0290. The summed E-state index contributed by atoms with van der Waals surface area (Å²) >= 11 is 0. The fourth-order valence-electron chi connectivity index (χ4n) is 1.69. The molecule has 2 nitrogen and oxygen atoms in total. The van der Waals surface area contributed by atoms with Crippen LogP contribution in [0.2, 0.25) is 0 Å². The van der Waals surface area contributed by atoms with Crippen molar-refractivity contribution in [2.45, 2.75) is 26.2 Å². The highest BCUT2D eigenvalue weighted by Crippen LogP contribution is 2.29. The summed E-state index contributed by atoms with van der Waals surface area (Å²) in [4.78, 5) is 21.8. The molecule has 0 radical (unpaired) electrons. The van der Waals surface area contributed by atoms with E-state index in [2.05, 4.69) is 0 Å². The van der Waals surface area contributed by atoms with Gasteiger partial charge in [-0.1, -0.05) is 12.2 Å². The average molecular weight is 166 g/mol. The molecule has 0 aromatic rings. The molecule has 0 amide bonds. The lowest BCUT2D eigenvalue weighted by atomic mass is 9.93. The zero-order chi connectivity index (χ0) is 8.97. The normalized spacial score (nSPS) is 29.9. The van der Waals surface area contributed by atoms with Crippen LogP contribution in [0.25, 0.3) is 0 Å². The number of carbonyl (C=O) groups is 2. The Balaban J connectivity index is 2.57. The molecule has 2 atom stereocenters. The quantitative estimate of drug-likeness (QED) is 0.473. The maximum absolute atomic E-state index is 11.3. The van der Waals surface area contributed by atoms with Gasteiger partial charge in [-0.25, -0.2) is 0 Å². The monoisotopic (exact) mass is 166 g/mol. The molecule has 1 aliphatic rings. The molecule has 1 rings (SSSR count). The smallest absolute Gasteiger partial charge is 0.137 e. The summed E-state index contributed by atoms with van der Waals surface area (Å²) in [7, 11) is 0. The van der Waals surface area contributed by atoms with Gasteiger partial charge in [0.25, 0.3) is 0 Å². The highest BCUT2D eigenvalue weighted by molar-refractivity contribution is 5.87. The molecule has 2 heteroatoms. The summed E-state index contributed by atoms with van der Waals surface area (Å²) in [5.74, 6) is 0.206. The van der Waals surface area contributed by atoms with Crippen molar-refractivity contribution < 1.29 is 9.59 Å². The Hall–Kier alpha value is -0.920. The van der Waals surface area contributed by atoms with Crippen molar-refractivity contribution in [1.82, 2.24) is 0 Å². The Labute approximate surface area is 72.7 Å². The zero-order valence-electron chi connectivity index (χ0n) is 7.32. The summed E-state index contributed by atoms with van der Waals surface area (Å²) in [5.41, 5.74) is 0. The molecule has 0 spiro atoms. The maximum Gasteiger partial charge on any atom is 0.137 e. The molecule has 1 aliphatic carbocycles. The molecular formula is C10H14O2. The van der Waals surface area contributed by atoms with Gasteiger partial charge in [-0.05, 0) is 19.8 Å². The molecule has 0 N–H and O–H groups in total. The van der Waals surface area contributed by atoms with Gasteiger partial charge >= 0.3 is 0 Å². The second-order valence-corrected chi connectivity index (χ2v) is 3.22. The van der Waals surface area contributed by atoms with E-state index in [1.807, 2.05) is 19.1 Å². The third-order valence-corrected chi connectivity index (χ3v) is 2.45. The number of hydrogen-bond acceptors (Lipinski definition) is 2. The van der Waals surface area contributed by atoms with E-state index >= 15 is 0 Å². The van der Waals surface area contributed by atoms with Gasteiger partial charge in [0.05, 0.1) is 0 Å². The molecular weight excluding hydrogens is 152 g/mol. The van der Waals surface area contributed by atoms with E-state index in [4.69, 9.17) is 0 Å². The standard InChI is InChI=1S/C10H14O2/c1-2-3-4-9-8(7-11)5-6-10(9)12/h2-3,7-9H,4-6H2,1H3/b3-2-/t8-,9?/m1/s1. The largest absolute Gasteiger partial charge is 0.303 e. The van der Waals surface area contributed by atoms with E-state index in [-0.39, 0.29) is 17.6 Å². The molecule has 0 heterocycles. The first-order chi connectivity index (χ1) is 5.79. The predicted molar refractivity (Wildman–Crippen MR) is 46.7 cm³/mol. The molecule has 0 aromatic carbocycles. The third-order valence-electron chi connectivity index (χ3n) is 2.45. The van der Waals surface area contributed by atoms with Crippen molar-refractivity contribution in [2.24, 2.45) is 11.8 Å².